The maximum atomic E-state index is 10.7. The van der Waals surface area contributed by atoms with Crippen molar-refractivity contribution in [3.05, 3.63) is 12.3 Å². The van der Waals surface area contributed by atoms with E-state index in [0.717, 1.165) is 0 Å². The summed E-state index contributed by atoms with van der Waals surface area (Å²) < 4.78 is 0. The first kappa shape index (κ1) is 8.68. The van der Waals surface area contributed by atoms with Crippen molar-refractivity contribution in [1.82, 2.24) is 10.2 Å². The molecule has 0 saturated carbocycles. The van der Waals surface area contributed by atoms with Crippen LogP contribution in [0.2, 0.25) is 0 Å². The molecular formula is C6H10N2O2. The van der Waals surface area contributed by atoms with Gasteiger partial charge in [-0.15, -0.1) is 0 Å². The van der Waals surface area contributed by atoms with Gasteiger partial charge < -0.3 is 10.2 Å². The summed E-state index contributed by atoms with van der Waals surface area (Å²) in [5.74, 6) is -0.158. The summed E-state index contributed by atoms with van der Waals surface area (Å²) in [4.78, 5) is 21.8. The van der Waals surface area contributed by atoms with Gasteiger partial charge in [-0.1, -0.05) is 0 Å². The molecule has 0 aliphatic rings. The summed E-state index contributed by atoms with van der Waals surface area (Å²) in [6.45, 7) is 0. The molecule has 0 bridgehead atoms. The first-order valence-corrected chi connectivity index (χ1v) is 2.76. The van der Waals surface area contributed by atoms with Crippen LogP contribution in [0.3, 0.4) is 0 Å². The van der Waals surface area contributed by atoms with Gasteiger partial charge in [0.1, 0.15) is 0 Å². The van der Waals surface area contributed by atoms with Gasteiger partial charge in [0, 0.05) is 26.4 Å². The highest BCUT2D eigenvalue weighted by Crippen LogP contribution is 1.78. The molecule has 0 radical (unpaired) electrons. The second-order valence-corrected chi connectivity index (χ2v) is 1.85. The molecule has 0 aromatic carbocycles. The molecule has 0 aliphatic carbocycles. The fourth-order valence-corrected chi connectivity index (χ4v) is 0.308. The van der Waals surface area contributed by atoms with E-state index >= 15 is 0 Å². The Labute approximate surface area is 59.5 Å². The van der Waals surface area contributed by atoms with Crippen LogP contribution in [-0.2, 0) is 9.59 Å². The van der Waals surface area contributed by atoms with Crippen molar-refractivity contribution in [2.75, 3.05) is 14.1 Å². The Bertz CT molecular complexity index is 152. The van der Waals surface area contributed by atoms with E-state index in [1.54, 1.807) is 14.1 Å². The zero-order chi connectivity index (χ0) is 7.98. The first-order valence-electron chi connectivity index (χ1n) is 2.76. The number of hydrogen-bond acceptors (Lipinski definition) is 2. The Balaban J connectivity index is 3.66. The maximum absolute atomic E-state index is 10.7. The quantitative estimate of drug-likeness (QED) is 0.420. The second kappa shape index (κ2) is 4.55. The molecule has 0 heterocycles. The van der Waals surface area contributed by atoms with Crippen LogP contribution < -0.4 is 5.32 Å². The predicted molar refractivity (Wildman–Crippen MR) is 37.0 cm³/mol. The van der Waals surface area contributed by atoms with Crippen molar-refractivity contribution in [2.24, 2.45) is 0 Å². The fourth-order valence-electron chi connectivity index (χ4n) is 0.308. The molecule has 0 fully saturated rings. The average Bonchev–Trinajstić information content (AvgIpc) is 1.88. The Hall–Kier alpha value is -1.32. The molecule has 4 nitrogen and oxygen atoms in total. The third-order valence-corrected chi connectivity index (χ3v) is 0.831. The predicted octanol–water partition coefficient (Wildman–Crippen LogP) is -0.666. The Kier molecular flexibility index (Phi) is 3.95. The van der Waals surface area contributed by atoms with Gasteiger partial charge in [0.25, 0.3) is 0 Å². The van der Waals surface area contributed by atoms with Crippen LogP contribution in [0, 0.1) is 0 Å². The molecule has 10 heavy (non-hydrogen) atoms. The third-order valence-electron chi connectivity index (χ3n) is 0.831. The van der Waals surface area contributed by atoms with Crippen LogP contribution in [0.5, 0.6) is 0 Å². The topological polar surface area (TPSA) is 49.4 Å². The van der Waals surface area contributed by atoms with Gasteiger partial charge in [-0.05, 0) is 0 Å². The lowest BCUT2D eigenvalue weighted by molar-refractivity contribution is -0.123. The van der Waals surface area contributed by atoms with E-state index in [1.165, 1.54) is 17.2 Å². The van der Waals surface area contributed by atoms with Crippen molar-refractivity contribution >= 4 is 12.3 Å². The van der Waals surface area contributed by atoms with E-state index in [4.69, 9.17) is 0 Å². The summed E-state index contributed by atoms with van der Waals surface area (Å²) in [6, 6.07) is 0. The van der Waals surface area contributed by atoms with E-state index in [2.05, 4.69) is 5.32 Å². The van der Waals surface area contributed by atoms with Crippen LogP contribution in [0.1, 0.15) is 0 Å². The van der Waals surface area contributed by atoms with E-state index in [0.29, 0.717) is 6.41 Å². The number of carbonyl (C=O) groups is 2. The lowest BCUT2D eigenvalue weighted by Gasteiger charge is -2.04. The minimum absolute atomic E-state index is 0.158. The van der Waals surface area contributed by atoms with Crippen LogP contribution in [0.15, 0.2) is 12.3 Å². The minimum atomic E-state index is -0.158. The molecule has 4 heteroatoms. The molecule has 0 atom stereocenters. The van der Waals surface area contributed by atoms with Crippen molar-refractivity contribution in [2.45, 2.75) is 0 Å². The molecule has 0 unspecified atom stereocenters. The summed E-state index contributed by atoms with van der Waals surface area (Å²) in [5.41, 5.74) is 0. The van der Waals surface area contributed by atoms with E-state index in [1.807, 2.05) is 0 Å². The number of likely N-dealkylation sites (N-methyl/N-ethyl adjacent to an activating group) is 1. The highest BCUT2D eigenvalue weighted by Gasteiger charge is 1.94. The number of carbonyl (C=O) groups excluding carboxylic acids is 2. The fraction of sp³-hybridized carbons (Fsp3) is 0.333. The van der Waals surface area contributed by atoms with Crippen molar-refractivity contribution in [1.29, 1.82) is 0 Å². The van der Waals surface area contributed by atoms with Gasteiger partial charge >= 0.3 is 0 Å². The number of nitrogens with zero attached hydrogens (tertiary/aromatic N) is 1. The van der Waals surface area contributed by atoms with Gasteiger partial charge in [0.15, 0.2) is 0 Å². The Morgan fingerprint density at radius 2 is 2.10 bits per heavy atom. The highest BCUT2D eigenvalue weighted by atomic mass is 16.2. The van der Waals surface area contributed by atoms with Crippen LogP contribution >= 0.6 is 0 Å². The molecular weight excluding hydrogens is 132 g/mol. The molecule has 0 spiro atoms. The van der Waals surface area contributed by atoms with Crippen LogP contribution in [-0.4, -0.2) is 31.3 Å². The molecule has 0 aliphatic heterocycles. The normalized spacial score (nSPS) is 9.40. The van der Waals surface area contributed by atoms with Gasteiger partial charge in [-0.25, -0.2) is 0 Å². The average molecular weight is 142 g/mol. The number of amides is 2. The largest absolute Gasteiger partial charge is 0.345 e. The minimum Gasteiger partial charge on any atom is -0.345 e. The number of hydrogen-bond donors (Lipinski definition) is 1. The SMILES string of the molecule is CN(C)C(=O)/C=C\NC=O. The molecule has 2 amide bonds. The van der Waals surface area contributed by atoms with E-state index in [-0.39, 0.29) is 5.91 Å². The molecule has 0 aromatic heterocycles. The number of nitrogens with one attached hydrogen (secondary N) is 1. The zero-order valence-electron chi connectivity index (χ0n) is 6.00. The number of rotatable bonds is 3. The molecule has 1 N–H and O–H groups in total. The molecule has 0 rings (SSSR count). The highest BCUT2D eigenvalue weighted by molar-refractivity contribution is 5.87. The Morgan fingerprint density at radius 1 is 1.50 bits per heavy atom. The molecule has 0 aromatic rings. The van der Waals surface area contributed by atoms with Gasteiger partial charge in [-0.3, -0.25) is 9.59 Å². The third kappa shape index (κ3) is 3.65. The molecule has 0 saturated heterocycles. The van der Waals surface area contributed by atoms with Crippen molar-refractivity contribution in [3.63, 3.8) is 0 Å². The maximum Gasteiger partial charge on any atom is 0.247 e. The monoisotopic (exact) mass is 142 g/mol. The van der Waals surface area contributed by atoms with Crippen LogP contribution in [0.4, 0.5) is 0 Å². The Morgan fingerprint density at radius 3 is 2.50 bits per heavy atom. The van der Waals surface area contributed by atoms with Crippen LogP contribution in [0.25, 0.3) is 0 Å². The zero-order valence-corrected chi connectivity index (χ0v) is 6.00. The standard InChI is InChI=1S/C6H10N2O2/c1-8(2)6(10)3-4-7-5-9/h3-5H,1-2H3,(H,7,9)/b4-3-. The lowest BCUT2D eigenvalue weighted by Crippen LogP contribution is -2.19. The first-order chi connectivity index (χ1) is 4.68. The molecule has 56 valence electrons. The van der Waals surface area contributed by atoms with Crippen molar-refractivity contribution in [3.8, 4) is 0 Å². The summed E-state index contributed by atoms with van der Waals surface area (Å²) in [5, 5.41) is 2.23. The van der Waals surface area contributed by atoms with E-state index < -0.39 is 0 Å². The van der Waals surface area contributed by atoms with E-state index in [9.17, 15) is 9.59 Å². The van der Waals surface area contributed by atoms with Gasteiger partial charge in [0.05, 0.1) is 0 Å². The summed E-state index contributed by atoms with van der Waals surface area (Å²) in [7, 11) is 3.27. The van der Waals surface area contributed by atoms with Gasteiger partial charge in [-0.2, -0.15) is 0 Å². The lowest BCUT2D eigenvalue weighted by atomic mass is 10.5. The van der Waals surface area contributed by atoms with Gasteiger partial charge in [0.2, 0.25) is 12.3 Å². The summed E-state index contributed by atoms with van der Waals surface area (Å²) in [6.07, 6.45) is 3.06. The van der Waals surface area contributed by atoms with Crippen molar-refractivity contribution < 1.29 is 9.59 Å². The second-order valence-electron chi connectivity index (χ2n) is 1.85. The summed E-state index contributed by atoms with van der Waals surface area (Å²) >= 11 is 0. The smallest absolute Gasteiger partial charge is 0.247 e.